The lowest BCUT2D eigenvalue weighted by atomic mass is 10.2. The molecule has 0 bridgehead atoms. The maximum Gasteiger partial charge on any atom is 0.197 e. The van der Waals surface area contributed by atoms with Crippen molar-refractivity contribution in [3.63, 3.8) is 0 Å². The summed E-state index contributed by atoms with van der Waals surface area (Å²) in [6, 6.07) is 10.2. The van der Waals surface area contributed by atoms with Gasteiger partial charge >= 0.3 is 0 Å². The van der Waals surface area contributed by atoms with E-state index in [1.807, 2.05) is 30.6 Å². The van der Waals surface area contributed by atoms with Crippen molar-refractivity contribution in [2.75, 3.05) is 5.73 Å². The molecule has 0 spiro atoms. The number of imidazole rings is 1. The number of nitrogens with zero attached hydrogens (tertiary/aromatic N) is 2. The van der Waals surface area contributed by atoms with Crippen molar-refractivity contribution in [1.82, 2.24) is 15.0 Å². The van der Waals surface area contributed by atoms with Gasteiger partial charge in [0.2, 0.25) is 0 Å². The van der Waals surface area contributed by atoms with Crippen LogP contribution in [0.4, 0.5) is 5.95 Å². The minimum atomic E-state index is 0.468. The lowest BCUT2D eigenvalue weighted by Crippen LogP contribution is -1.83. The highest BCUT2D eigenvalue weighted by Gasteiger charge is 1.86. The van der Waals surface area contributed by atoms with Crippen LogP contribution in [0, 0.1) is 0 Å². The monoisotopic (exact) mass is 212 g/mol. The number of fused-ring (bicyclic) bond motifs is 1. The van der Waals surface area contributed by atoms with Crippen LogP contribution in [0.25, 0.3) is 10.8 Å². The SMILES string of the molecule is Nc1ncc[nH]1.c1ccc2cnccc2c1. The van der Waals surface area contributed by atoms with Gasteiger partial charge in [-0.3, -0.25) is 4.98 Å². The normalized spacial score (nSPS) is 9.50. The molecule has 4 nitrogen and oxygen atoms in total. The van der Waals surface area contributed by atoms with Crippen LogP contribution in [0.2, 0.25) is 0 Å². The van der Waals surface area contributed by atoms with Gasteiger partial charge in [-0.2, -0.15) is 0 Å². The van der Waals surface area contributed by atoms with Crippen molar-refractivity contribution in [2.45, 2.75) is 0 Å². The Hall–Kier alpha value is -2.36. The minimum Gasteiger partial charge on any atom is -0.369 e. The topological polar surface area (TPSA) is 67.6 Å². The van der Waals surface area contributed by atoms with Gasteiger partial charge in [-0.1, -0.05) is 24.3 Å². The van der Waals surface area contributed by atoms with Gasteiger partial charge in [-0.05, 0) is 16.8 Å². The molecule has 2 aromatic heterocycles. The van der Waals surface area contributed by atoms with Gasteiger partial charge in [-0.15, -0.1) is 0 Å². The predicted octanol–water partition coefficient (Wildman–Crippen LogP) is 2.23. The third-order valence-electron chi connectivity index (χ3n) is 2.07. The van der Waals surface area contributed by atoms with Crippen LogP contribution in [-0.2, 0) is 0 Å². The van der Waals surface area contributed by atoms with Crippen LogP contribution < -0.4 is 5.73 Å². The minimum absolute atomic E-state index is 0.468. The molecule has 0 saturated heterocycles. The van der Waals surface area contributed by atoms with Gasteiger partial charge in [0.15, 0.2) is 5.95 Å². The summed E-state index contributed by atoms with van der Waals surface area (Å²) in [5.74, 6) is 0.468. The van der Waals surface area contributed by atoms with E-state index in [0.717, 1.165) is 0 Å². The summed E-state index contributed by atoms with van der Waals surface area (Å²) in [6.45, 7) is 0. The molecule has 2 heterocycles. The Morgan fingerprint density at radius 2 is 1.81 bits per heavy atom. The Labute approximate surface area is 93.2 Å². The average molecular weight is 212 g/mol. The first-order valence-corrected chi connectivity index (χ1v) is 4.90. The van der Waals surface area contributed by atoms with Crippen molar-refractivity contribution in [2.24, 2.45) is 0 Å². The average Bonchev–Trinajstić information content (AvgIpc) is 2.81. The highest BCUT2D eigenvalue weighted by atomic mass is 15.0. The summed E-state index contributed by atoms with van der Waals surface area (Å²) in [6.07, 6.45) is 6.96. The number of hydrogen-bond donors (Lipinski definition) is 2. The molecule has 4 heteroatoms. The summed E-state index contributed by atoms with van der Waals surface area (Å²) < 4.78 is 0. The van der Waals surface area contributed by atoms with E-state index in [9.17, 15) is 0 Å². The summed E-state index contributed by atoms with van der Waals surface area (Å²) >= 11 is 0. The summed E-state index contributed by atoms with van der Waals surface area (Å²) in [4.78, 5) is 10.3. The second kappa shape index (κ2) is 4.93. The van der Waals surface area contributed by atoms with Crippen LogP contribution in [0.5, 0.6) is 0 Å². The molecule has 0 atom stereocenters. The van der Waals surface area contributed by atoms with Crippen molar-refractivity contribution in [3.8, 4) is 0 Å². The number of hydrogen-bond acceptors (Lipinski definition) is 3. The molecule has 80 valence electrons. The summed E-state index contributed by atoms with van der Waals surface area (Å²) in [5, 5.41) is 2.45. The Morgan fingerprint density at radius 1 is 1.00 bits per heavy atom. The molecule has 0 saturated carbocycles. The van der Waals surface area contributed by atoms with Gasteiger partial charge in [0.25, 0.3) is 0 Å². The largest absolute Gasteiger partial charge is 0.369 e. The van der Waals surface area contributed by atoms with Crippen molar-refractivity contribution < 1.29 is 0 Å². The summed E-state index contributed by atoms with van der Waals surface area (Å²) in [7, 11) is 0. The zero-order valence-corrected chi connectivity index (χ0v) is 8.67. The number of nitrogen functional groups attached to an aromatic ring is 1. The highest BCUT2D eigenvalue weighted by molar-refractivity contribution is 5.80. The van der Waals surface area contributed by atoms with Crippen molar-refractivity contribution in [1.29, 1.82) is 0 Å². The number of H-pyrrole nitrogens is 1. The molecule has 1 aromatic carbocycles. The first-order valence-electron chi connectivity index (χ1n) is 4.90. The van der Waals surface area contributed by atoms with E-state index in [0.29, 0.717) is 5.95 Å². The van der Waals surface area contributed by atoms with Crippen LogP contribution in [0.1, 0.15) is 0 Å². The van der Waals surface area contributed by atoms with Gasteiger partial charge in [0.05, 0.1) is 0 Å². The van der Waals surface area contributed by atoms with E-state index in [4.69, 9.17) is 5.73 Å². The molecule has 3 aromatic rings. The van der Waals surface area contributed by atoms with Crippen LogP contribution in [-0.4, -0.2) is 15.0 Å². The van der Waals surface area contributed by atoms with E-state index in [1.165, 1.54) is 10.8 Å². The number of nitrogens with two attached hydrogens (primary N) is 1. The molecule has 0 radical (unpaired) electrons. The molecule has 3 rings (SSSR count). The van der Waals surface area contributed by atoms with Crippen LogP contribution in [0.3, 0.4) is 0 Å². The molecule has 0 unspecified atom stereocenters. The lowest BCUT2D eigenvalue weighted by Gasteiger charge is -1.91. The van der Waals surface area contributed by atoms with Gasteiger partial charge in [0, 0.05) is 24.8 Å². The number of anilines is 1. The van der Waals surface area contributed by atoms with Crippen LogP contribution in [0.15, 0.2) is 55.1 Å². The third kappa shape index (κ3) is 2.57. The van der Waals surface area contributed by atoms with E-state index in [-0.39, 0.29) is 0 Å². The van der Waals surface area contributed by atoms with E-state index in [2.05, 4.69) is 27.1 Å². The Balaban J connectivity index is 0.000000138. The zero-order chi connectivity index (χ0) is 11.2. The molecule has 0 aliphatic carbocycles. The molecule has 16 heavy (non-hydrogen) atoms. The fourth-order valence-corrected chi connectivity index (χ4v) is 1.30. The lowest BCUT2D eigenvalue weighted by molar-refractivity contribution is 1.33. The predicted molar refractivity (Wildman–Crippen MR) is 64.7 cm³/mol. The van der Waals surface area contributed by atoms with Gasteiger partial charge in [0.1, 0.15) is 0 Å². The first-order chi connectivity index (χ1) is 7.86. The van der Waals surface area contributed by atoms with E-state index in [1.54, 1.807) is 12.4 Å². The number of rotatable bonds is 0. The maximum absolute atomic E-state index is 5.11. The number of aromatic amines is 1. The second-order valence-corrected chi connectivity index (χ2v) is 3.20. The quantitative estimate of drug-likeness (QED) is 0.600. The van der Waals surface area contributed by atoms with E-state index < -0.39 is 0 Å². The molecule has 3 N–H and O–H groups in total. The Bertz CT molecular complexity index is 480. The standard InChI is InChI=1S/C9H7N.C3H5N3/c1-2-4-9-7-10-6-5-8(9)3-1;4-3-5-1-2-6-3/h1-7H;1-2H,(H3,4,5,6). The molecule has 0 amide bonds. The van der Waals surface area contributed by atoms with E-state index >= 15 is 0 Å². The number of aromatic nitrogens is 3. The maximum atomic E-state index is 5.11. The number of nitrogens with one attached hydrogen (secondary N) is 1. The summed E-state index contributed by atoms with van der Waals surface area (Å²) in [5.41, 5.74) is 5.11. The zero-order valence-electron chi connectivity index (χ0n) is 8.67. The molecular weight excluding hydrogens is 200 g/mol. The number of benzene rings is 1. The smallest absolute Gasteiger partial charge is 0.197 e. The molecule has 0 aliphatic heterocycles. The highest BCUT2D eigenvalue weighted by Crippen LogP contribution is 2.09. The van der Waals surface area contributed by atoms with Gasteiger partial charge in [-0.25, -0.2) is 4.98 Å². The molecule has 0 aliphatic rings. The van der Waals surface area contributed by atoms with Gasteiger partial charge < -0.3 is 10.7 Å². The molecular formula is C12H12N4. The van der Waals surface area contributed by atoms with Crippen molar-refractivity contribution in [3.05, 3.63) is 55.1 Å². The number of pyridine rings is 1. The fourth-order valence-electron chi connectivity index (χ4n) is 1.30. The Morgan fingerprint density at radius 3 is 2.38 bits per heavy atom. The first kappa shape index (κ1) is 10.2. The second-order valence-electron chi connectivity index (χ2n) is 3.20. The molecule has 0 fully saturated rings. The van der Waals surface area contributed by atoms with Crippen molar-refractivity contribution >= 4 is 16.7 Å². The third-order valence-corrected chi connectivity index (χ3v) is 2.07. The van der Waals surface area contributed by atoms with Crippen LogP contribution >= 0.6 is 0 Å². The fraction of sp³-hybridized carbons (Fsp3) is 0. The Kier molecular flexibility index (Phi) is 3.13.